The lowest BCUT2D eigenvalue weighted by Gasteiger charge is -2.15. The van der Waals surface area contributed by atoms with Gasteiger partial charge in [-0.1, -0.05) is 23.2 Å². The Labute approximate surface area is 124 Å². The maximum absolute atomic E-state index is 11.3. The first kappa shape index (κ1) is 13.4. The summed E-state index contributed by atoms with van der Waals surface area (Å²) in [5.74, 6) is -1.08. The van der Waals surface area contributed by atoms with E-state index in [0.29, 0.717) is 34.3 Å². The van der Waals surface area contributed by atoms with E-state index in [2.05, 4.69) is 5.10 Å². The highest BCUT2D eigenvalue weighted by atomic mass is 35.5. The number of aromatic carboxylic acids is 1. The van der Waals surface area contributed by atoms with E-state index in [9.17, 15) is 9.90 Å². The molecule has 0 aliphatic carbocycles. The monoisotopic (exact) mass is 312 g/mol. The van der Waals surface area contributed by atoms with E-state index in [1.807, 2.05) is 0 Å². The lowest BCUT2D eigenvalue weighted by molar-refractivity contribution is 0.0677. The Morgan fingerprint density at radius 1 is 1.40 bits per heavy atom. The number of benzene rings is 1. The van der Waals surface area contributed by atoms with Crippen molar-refractivity contribution in [3.05, 3.63) is 45.2 Å². The van der Waals surface area contributed by atoms with Crippen LogP contribution in [0.5, 0.6) is 0 Å². The van der Waals surface area contributed by atoms with E-state index in [1.165, 1.54) is 0 Å². The van der Waals surface area contributed by atoms with Crippen molar-refractivity contribution in [1.82, 2.24) is 9.78 Å². The maximum Gasteiger partial charge on any atom is 0.356 e. The molecule has 7 heteroatoms. The molecule has 1 aromatic heterocycles. The van der Waals surface area contributed by atoms with Gasteiger partial charge in [0.15, 0.2) is 5.69 Å². The van der Waals surface area contributed by atoms with Gasteiger partial charge < -0.3 is 9.84 Å². The molecule has 0 unspecified atom stereocenters. The zero-order valence-corrected chi connectivity index (χ0v) is 11.8. The molecule has 1 N–H and O–H groups in total. The Bertz CT molecular complexity index is 697. The van der Waals surface area contributed by atoms with Crippen molar-refractivity contribution in [3.8, 4) is 5.69 Å². The number of hydrogen-bond donors (Lipinski definition) is 1. The molecule has 1 aromatic carbocycles. The quantitative estimate of drug-likeness (QED) is 0.926. The van der Waals surface area contributed by atoms with Crippen LogP contribution in [0.3, 0.4) is 0 Å². The average Bonchev–Trinajstić information content (AvgIpc) is 2.81. The first-order valence-corrected chi connectivity index (χ1v) is 6.70. The second kappa shape index (κ2) is 5.09. The van der Waals surface area contributed by atoms with E-state index >= 15 is 0 Å². The number of rotatable bonds is 2. The van der Waals surface area contributed by atoms with Crippen molar-refractivity contribution >= 4 is 29.2 Å². The van der Waals surface area contributed by atoms with Gasteiger partial charge in [-0.2, -0.15) is 5.10 Å². The Morgan fingerprint density at radius 3 is 2.95 bits per heavy atom. The van der Waals surface area contributed by atoms with E-state index in [4.69, 9.17) is 27.9 Å². The highest BCUT2D eigenvalue weighted by Crippen LogP contribution is 2.29. The number of halogens is 2. The van der Waals surface area contributed by atoms with Gasteiger partial charge in [-0.05, 0) is 18.2 Å². The summed E-state index contributed by atoms with van der Waals surface area (Å²) >= 11 is 12.1. The van der Waals surface area contributed by atoms with Crippen molar-refractivity contribution in [2.75, 3.05) is 6.61 Å². The molecule has 0 saturated heterocycles. The molecule has 2 aromatic rings. The third-order valence-electron chi connectivity index (χ3n) is 3.16. The van der Waals surface area contributed by atoms with E-state index in [0.717, 1.165) is 5.69 Å². The van der Waals surface area contributed by atoms with Crippen LogP contribution in [-0.2, 0) is 17.8 Å². The van der Waals surface area contributed by atoms with Crippen LogP contribution >= 0.6 is 23.2 Å². The molecule has 1 aliphatic heterocycles. The second-order valence-corrected chi connectivity index (χ2v) is 5.23. The molecule has 104 valence electrons. The second-order valence-electron chi connectivity index (χ2n) is 4.39. The number of fused-ring (bicyclic) bond motifs is 1. The summed E-state index contributed by atoms with van der Waals surface area (Å²) in [5, 5.41) is 14.4. The van der Waals surface area contributed by atoms with E-state index in [1.54, 1.807) is 22.9 Å². The van der Waals surface area contributed by atoms with Crippen molar-refractivity contribution in [2.45, 2.75) is 13.0 Å². The van der Waals surface area contributed by atoms with Crippen LogP contribution in [0.2, 0.25) is 10.0 Å². The van der Waals surface area contributed by atoms with Crippen molar-refractivity contribution in [2.24, 2.45) is 0 Å². The van der Waals surface area contributed by atoms with Gasteiger partial charge in [-0.25, -0.2) is 9.48 Å². The van der Waals surface area contributed by atoms with Gasteiger partial charge in [-0.15, -0.1) is 0 Å². The largest absolute Gasteiger partial charge is 0.476 e. The number of nitrogens with zero attached hydrogens (tertiary/aromatic N) is 2. The summed E-state index contributed by atoms with van der Waals surface area (Å²) in [6, 6.07) is 5.00. The minimum atomic E-state index is -1.08. The Balaban J connectivity index is 2.23. The summed E-state index contributed by atoms with van der Waals surface area (Å²) in [6.45, 7) is 0.769. The topological polar surface area (TPSA) is 64.3 Å². The zero-order valence-electron chi connectivity index (χ0n) is 10.3. The molecular formula is C13H10Cl2N2O3. The zero-order chi connectivity index (χ0) is 14.3. The first-order chi connectivity index (χ1) is 9.58. The molecule has 1 aliphatic rings. The molecular weight excluding hydrogens is 303 g/mol. The van der Waals surface area contributed by atoms with Gasteiger partial charge in [0.25, 0.3) is 0 Å². The first-order valence-electron chi connectivity index (χ1n) is 5.95. The van der Waals surface area contributed by atoms with Crippen LogP contribution in [-0.4, -0.2) is 27.5 Å². The Kier molecular flexibility index (Phi) is 3.41. The summed E-state index contributed by atoms with van der Waals surface area (Å²) in [5.41, 5.74) is 1.97. The fraction of sp³-hybridized carbons (Fsp3) is 0.231. The molecule has 2 heterocycles. The Hall–Kier alpha value is -1.56. The molecule has 5 nitrogen and oxygen atoms in total. The molecule has 0 spiro atoms. The van der Waals surface area contributed by atoms with Crippen LogP contribution in [0.15, 0.2) is 18.2 Å². The molecule has 0 atom stereocenters. The smallest absolute Gasteiger partial charge is 0.356 e. The number of carboxylic acid groups (broad SMARTS) is 1. The van der Waals surface area contributed by atoms with Gasteiger partial charge in [0.05, 0.1) is 29.6 Å². The van der Waals surface area contributed by atoms with Crippen LogP contribution < -0.4 is 0 Å². The summed E-state index contributed by atoms with van der Waals surface area (Å²) in [7, 11) is 0. The molecule has 3 rings (SSSR count). The minimum absolute atomic E-state index is 0.00394. The molecule has 20 heavy (non-hydrogen) atoms. The lowest BCUT2D eigenvalue weighted by Crippen LogP contribution is -2.13. The molecule has 0 saturated carbocycles. The van der Waals surface area contributed by atoms with Gasteiger partial charge in [-0.3, -0.25) is 0 Å². The SMILES string of the molecule is O=C(O)c1nn(-c2cc(Cl)ccc2Cl)c2c1COCC2. The van der Waals surface area contributed by atoms with Crippen LogP contribution in [0.25, 0.3) is 5.69 Å². The van der Waals surface area contributed by atoms with Crippen LogP contribution in [0.1, 0.15) is 21.7 Å². The van der Waals surface area contributed by atoms with Gasteiger partial charge in [0.1, 0.15) is 0 Å². The molecule has 0 amide bonds. The van der Waals surface area contributed by atoms with Crippen molar-refractivity contribution in [1.29, 1.82) is 0 Å². The fourth-order valence-electron chi connectivity index (χ4n) is 2.26. The molecule has 0 bridgehead atoms. The predicted octanol–water partition coefficient (Wildman–Crippen LogP) is 2.95. The third-order valence-corrected chi connectivity index (χ3v) is 3.71. The van der Waals surface area contributed by atoms with E-state index < -0.39 is 5.97 Å². The number of hydrogen-bond acceptors (Lipinski definition) is 3. The van der Waals surface area contributed by atoms with E-state index in [-0.39, 0.29) is 12.3 Å². The van der Waals surface area contributed by atoms with Crippen molar-refractivity contribution in [3.63, 3.8) is 0 Å². The highest BCUT2D eigenvalue weighted by Gasteiger charge is 2.26. The average molecular weight is 313 g/mol. The van der Waals surface area contributed by atoms with Crippen LogP contribution in [0.4, 0.5) is 0 Å². The molecule has 0 radical (unpaired) electrons. The van der Waals surface area contributed by atoms with Crippen LogP contribution in [0, 0.1) is 0 Å². The lowest BCUT2D eigenvalue weighted by atomic mass is 10.1. The summed E-state index contributed by atoms with van der Waals surface area (Å²) in [6.07, 6.45) is 0.582. The third kappa shape index (κ3) is 2.18. The normalized spacial score (nSPS) is 14.1. The van der Waals surface area contributed by atoms with Gasteiger partial charge in [0.2, 0.25) is 0 Å². The summed E-state index contributed by atoms with van der Waals surface area (Å²) < 4.78 is 6.87. The molecule has 0 fully saturated rings. The maximum atomic E-state index is 11.3. The van der Waals surface area contributed by atoms with Crippen molar-refractivity contribution < 1.29 is 14.6 Å². The predicted molar refractivity (Wildman–Crippen MR) is 73.9 cm³/mol. The summed E-state index contributed by atoms with van der Waals surface area (Å²) in [4.78, 5) is 11.3. The number of carbonyl (C=O) groups is 1. The number of ether oxygens (including phenoxy) is 1. The fourth-order valence-corrected chi connectivity index (χ4v) is 2.62. The number of aromatic nitrogens is 2. The number of carboxylic acids is 1. The van der Waals surface area contributed by atoms with Gasteiger partial charge >= 0.3 is 5.97 Å². The van der Waals surface area contributed by atoms with Gasteiger partial charge in [0, 0.05) is 17.0 Å². The standard InChI is InChI=1S/C13H10Cl2N2O3/c14-7-1-2-9(15)11(5-7)17-10-3-4-20-6-8(10)12(16-17)13(18)19/h1-2,5H,3-4,6H2,(H,18,19). The Morgan fingerprint density at radius 2 is 2.20 bits per heavy atom. The minimum Gasteiger partial charge on any atom is -0.476 e. The highest BCUT2D eigenvalue weighted by molar-refractivity contribution is 6.34.